The van der Waals surface area contributed by atoms with E-state index in [2.05, 4.69) is 0 Å². The summed E-state index contributed by atoms with van der Waals surface area (Å²) >= 11 is 1.03. The Balaban J connectivity index is 2.55. The van der Waals surface area contributed by atoms with Gasteiger partial charge in [-0.3, -0.25) is 0 Å². The van der Waals surface area contributed by atoms with E-state index in [1.165, 1.54) is 0 Å². The Labute approximate surface area is 83.6 Å². The van der Waals surface area contributed by atoms with Gasteiger partial charge in [-0.2, -0.15) is 0 Å². The lowest BCUT2D eigenvalue weighted by atomic mass is 10.1. The number of aliphatic hydroxyl groups is 1. The van der Waals surface area contributed by atoms with Crippen molar-refractivity contribution in [1.82, 2.24) is 0 Å². The first-order valence-corrected chi connectivity index (χ1v) is 4.92. The van der Waals surface area contributed by atoms with Gasteiger partial charge in [-0.25, -0.2) is 4.79 Å². The van der Waals surface area contributed by atoms with Crippen molar-refractivity contribution in [2.24, 2.45) is 5.73 Å². The molecule has 0 aliphatic rings. The molecule has 0 spiro atoms. The fourth-order valence-corrected chi connectivity index (χ4v) is 1.94. The van der Waals surface area contributed by atoms with Crippen LogP contribution < -0.4 is 10.7 Å². The molecule has 0 aliphatic carbocycles. The third-order valence-corrected chi connectivity index (χ3v) is 2.77. The molecule has 4 nitrogen and oxygen atoms in total. The first-order valence-electron chi connectivity index (χ1n) is 4.11. The highest BCUT2D eigenvalue weighted by atomic mass is 32.1. The van der Waals surface area contributed by atoms with Gasteiger partial charge < -0.3 is 15.3 Å². The van der Waals surface area contributed by atoms with Crippen molar-refractivity contribution in [3.05, 3.63) is 33.5 Å². The lowest BCUT2D eigenvalue weighted by molar-refractivity contribution is 0.268. The quantitative estimate of drug-likeness (QED) is 0.772. The molecule has 1 aromatic heterocycles. The Kier molecular flexibility index (Phi) is 2.37. The summed E-state index contributed by atoms with van der Waals surface area (Å²) in [5, 5.41) is 8.86. The molecule has 1 unspecified atom stereocenters. The number of benzene rings is 1. The van der Waals surface area contributed by atoms with Crippen LogP contribution in [0.5, 0.6) is 0 Å². The van der Waals surface area contributed by atoms with Gasteiger partial charge in [0.25, 0.3) is 0 Å². The maximum atomic E-state index is 10.9. The van der Waals surface area contributed by atoms with Crippen LogP contribution in [-0.2, 0) is 0 Å². The van der Waals surface area contributed by atoms with Crippen molar-refractivity contribution >= 4 is 21.6 Å². The van der Waals surface area contributed by atoms with Crippen LogP contribution in [0.15, 0.2) is 27.4 Å². The summed E-state index contributed by atoms with van der Waals surface area (Å²) in [5.41, 5.74) is 7.00. The summed E-state index contributed by atoms with van der Waals surface area (Å²) in [5.74, 6) is 0. The van der Waals surface area contributed by atoms with Crippen LogP contribution in [0.3, 0.4) is 0 Å². The number of fused-ring (bicyclic) bond motifs is 1. The molecule has 1 aromatic carbocycles. The third kappa shape index (κ3) is 1.57. The molecular formula is C9H9NO3S. The van der Waals surface area contributed by atoms with Gasteiger partial charge in [0.1, 0.15) is 5.58 Å². The number of nitrogens with two attached hydrogens (primary N) is 1. The van der Waals surface area contributed by atoms with Gasteiger partial charge in [-0.1, -0.05) is 17.4 Å². The fourth-order valence-electron chi connectivity index (χ4n) is 1.23. The minimum atomic E-state index is -0.406. The van der Waals surface area contributed by atoms with E-state index in [-0.39, 0.29) is 11.5 Å². The van der Waals surface area contributed by atoms with E-state index in [9.17, 15) is 4.79 Å². The Morgan fingerprint density at radius 3 is 3.07 bits per heavy atom. The number of aliphatic hydroxyl groups excluding tert-OH is 1. The van der Waals surface area contributed by atoms with E-state index in [4.69, 9.17) is 15.3 Å². The zero-order chi connectivity index (χ0) is 10.1. The third-order valence-electron chi connectivity index (χ3n) is 1.98. The lowest BCUT2D eigenvalue weighted by Gasteiger charge is -2.06. The smallest absolute Gasteiger partial charge is 0.396 e. The maximum Gasteiger partial charge on any atom is 0.396 e. The van der Waals surface area contributed by atoms with E-state index in [1.54, 1.807) is 18.2 Å². The highest BCUT2D eigenvalue weighted by Gasteiger charge is 2.07. The summed E-state index contributed by atoms with van der Waals surface area (Å²) in [6.45, 7) is -0.113. The molecule has 2 rings (SSSR count). The van der Waals surface area contributed by atoms with Crippen LogP contribution in [0.1, 0.15) is 11.6 Å². The highest BCUT2D eigenvalue weighted by molar-refractivity contribution is 7.16. The van der Waals surface area contributed by atoms with Crippen LogP contribution in [0.2, 0.25) is 0 Å². The van der Waals surface area contributed by atoms with Crippen LogP contribution in [0, 0.1) is 0 Å². The zero-order valence-corrected chi connectivity index (χ0v) is 8.08. The van der Waals surface area contributed by atoms with Crippen LogP contribution in [0.25, 0.3) is 10.3 Å². The zero-order valence-electron chi connectivity index (χ0n) is 7.27. The molecule has 14 heavy (non-hydrogen) atoms. The van der Waals surface area contributed by atoms with E-state index in [0.29, 0.717) is 5.58 Å². The van der Waals surface area contributed by atoms with Crippen LogP contribution in [-0.4, -0.2) is 11.7 Å². The van der Waals surface area contributed by atoms with Crippen molar-refractivity contribution in [3.63, 3.8) is 0 Å². The molecule has 74 valence electrons. The molecule has 5 heteroatoms. The topological polar surface area (TPSA) is 76.5 Å². The Morgan fingerprint density at radius 1 is 1.57 bits per heavy atom. The molecule has 0 amide bonds. The first-order chi connectivity index (χ1) is 6.70. The molecule has 0 saturated heterocycles. The molecule has 0 saturated carbocycles. The molecule has 1 atom stereocenters. The van der Waals surface area contributed by atoms with Crippen molar-refractivity contribution in [3.8, 4) is 0 Å². The Morgan fingerprint density at radius 2 is 2.36 bits per heavy atom. The van der Waals surface area contributed by atoms with Gasteiger partial charge in [-0.05, 0) is 17.7 Å². The summed E-state index contributed by atoms with van der Waals surface area (Å²) in [6.07, 6.45) is 0. The number of hydrogen-bond acceptors (Lipinski definition) is 5. The van der Waals surface area contributed by atoms with Crippen LogP contribution >= 0.6 is 11.3 Å². The van der Waals surface area contributed by atoms with E-state index in [1.807, 2.05) is 0 Å². The standard InChI is InChI=1S/C9H9NO3S/c10-6(4-11)5-1-2-7-8(3-5)14-9(12)13-7/h1-3,6,11H,4,10H2. The molecule has 0 bridgehead atoms. The van der Waals surface area contributed by atoms with Gasteiger partial charge in [0.2, 0.25) is 0 Å². The molecule has 0 aliphatic heterocycles. The van der Waals surface area contributed by atoms with Gasteiger partial charge >= 0.3 is 4.94 Å². The predicted octanol–water partition coefficient (Wildman–Crippen LogP) is 0.847. The second-order valence-electron chi connectivity index (χ2n) is 2.95. The normalized spacial score (nSPS) is 13.3. The average molecular weight is 211 g/mol. The minimum absolute atomic E-state index is 0.113. The van der Waals surface area contributed by atoms with Gasteiger partial charge in [-0.15, -0.1) is 0 Å². The number of hydrogen-bond donors (Lipinski definition) is 2. The highest BCUT2D eigenvalue weighted by Crippen LogP contribution is 2.21. The molecule has 0 fully saturated rings. The Hall–Kier alpha value is -1.17. The molecule has 0 radical (unpaired) electrons. The van der Waals surface area contributed by atoms with Gasteiger partial charge in [0.15, 0.2) is 0 Å². The predicted molar refractivity (Wildman–Crippen MR) is 54.4 cm³/mol. The van der Waals surface area contributed by atoms with Crippen LogP contribution in [0.4, 0.5) is 0 Å². The van der Waals surface area contributed by atoms with E-state index < -0.39 is 6.04 Å². The number of rotatable bonds is 2. The SMILES string of the molecule is NC(CO)c1ccc2oc(=O)sc2c1. The van der Waals surface area contributed by atoms with E-state index >= 15 is 0 Å². The molecule has 3 N–H and O–H groups in total. The summed E-state index contributed by atoms with van der Waals surface area (Å²) in [4.78, 5) is 10.6. The monoisotopic (exact) mass is 211 g/mol. The summed E-state index contributed by atoms with van der Waals surface area (Å²) in [7, 11) is 0. The van der Waals surface area contributed by atoms with Crippen molar-refractivity contribution < 1.29 is 9.52 Å². The fraction of sp³-hybridized carbons (Fsp3) is 0.222. The second-order valence-corrected chi connectivity index (χ2v) is 3.93. The minimum Gasteiger partial charge on any atom is -0.414 e. The average Bonchev–Trinajstić information content (AvgIpc) is 2.55. The molecular weight excluding hydrogens is 202 g/mol. The van der Waals surface area contributed by atoms with Gasteiger partial charge in [0.05, 0.1) is 17.3 Å². The maximum absolute atomic E-state index is 10.9. The summed E-state index contributed by atoms with van der Waals surface area (Å²) in [6, 6.07) is 4.81. The Bertz CT molecular complexity index is 502. The molecule has 2 aromatic rings. The van der Waals surface area contributed by atoms with Crippen molar-refractivity contribution in [2.45, 2.75) is 6.04 Å². The van der Waals surface area contributed by atoms with E-state index in [0.717, 1.165) is 21.6 Å². The largest absolute Gasteiger partial charge is 0.414 e. The lowest BCUT2D eigenvalue weighted by Crippen LogP contribution is -2.13. The first kappa shape index (κ1) is 9.39. The van der Waals surface area contributed by atoms with Gasteiger partial charge in [0, 0.05) is 0 Å². The van der Waals surface area contributed by atoms with Crippen molar-refractivity contribution in [2.75, 3.05) is 6.61 Å². The van der Waals surface area contributed by atoms with Crippen molar-refractivity contribution in [1.29, 1.82) is 0 Å². The second kappa shape index (κ2) is 3.53. The molecule has 1 heterocycles. The summed E-state index contributed by atoms with van der Waals surface area (Å²) < 4.78 is 5.66.